The summed E-state index contributed by atoms with van der Waals surface area (Å²) in [7, 11) is 0. The summed E-state index contributed by atoms with van der Waals surface area (Å²) in [6.45, 7) is 3.88. The molecule has 9 nitrogen and oxygen atoms in total. The average Bonchev–Trinajstić information content (AvgIpc) is 3.33. The maximum Gasteiger partial charge on any atom is 0.340 e. The molecule has 0 saturated heterocycles. The zero-order valence-electron chi connectivity index (χ0n) is 22.3. The Hall–Kier alpha value is -4.47. The van der Waals surface area contributed by atoms with E-state index in [1.807, 2.05) is 6.07 Å². The van der Waals surface area contributed by atoms with Crippen molar-refractivity contribution in [3.63, 3.8) is 0 Å². The van der Waals surface area contributed by atoms with Gasteiger partial charge in [0.2, 0.25) is 11.8 Å². The second-order valence-electron chi connectivity index (χ2n) is 9.69. The minimum atomic E-state index is -0.849. The zero-order chi connectivity index (χ0) is 28.8. The van der Waals surface area contributed by atoms with E-state index in [-0.39, 0.29) is 30.1 Å². The molecule has 4 rings (SSSR count). The normalized spacial score (nSPS) is 12.0. The Morgan fingerprint density at radius 1 is 1.02 bits per heavy atom. The van der Waals surface area contributed by atoms with Crippen LogP contribution in [0.2, 0.25) is 0 Å². The summed E-state index contributed by atoms with van der Waals surface area (Å²) in [5.74, 6) is -2.03. The van der Waals surface area contributed by atoms with E-state index in [9.17, 15) is 23.6 Å². The van der Waals surface area contributed by atoms with E-state index >= 15 is 0 Å². The zero-order valence-corrected chi connectivity index (χ0v) is 22.3. The van der Waals surface area contributed by atoms with E-state index in [4.69, 9.17) is 13.9 Å². The number of carboxylic acid groups (broad SMARTS) is 1. The standard InChI is InChI=1S/C30H31FN2O7/c1-3-24(29(37)32-12-6-4-5-7-28(35)36)33-27(34)14-21-17(2)20-13-22-23(18-8-10-19(31)11-9-18)16-39-25(22)15-26(20)40-30(21)38/h8-11,13,15-16,24H,3-7,12,14H2,1-2H3,(H,32,37)(H,33,34)(H,35,36)/t24-/m1/s1. The molecule has 0 saturated carbocycles. The van der Waals surface area contributed by atoms with E-state index in [1.54, 1.807) is 38.3 Å². The molecular formula is C30H31FN2O7. The van der Waals surface area contributed by atoms with Gasteiger partial charge in [-0.3, -0.25) is 14.4 Å². The number of aryl methyl sites for hydroxylation is 1. The number of fused-ring (bicyclic) bond motifs is 2. The molecule has 0 bridgehead atoms. The van der Waals surface area contributed by atoms with Gasteiger partial charge >= 0.3 is 11.6 Å². The molecule has 2 aromatic heterocycles. The highest BCUT2D eigenvalue weighted by Crippen LogP contribution is 2.34. The van der Waals surface area contributed by atoms with Gasteiger partial charge in [-0.05, 0) is 55.5 Å². The fraction of sp³-hybridized carbons (Fsp3) is 0.333. The number of unbranched alkanes of at least 4 members (excludes halogenated alkanes) is 2. The SMILES string of the molecule is CC[C@@H](NC(=O)Cc1c(C)c2cc3c(-c4ccc(F)cc4)coc3cc2oc1=O)C(=O)NCCCCCC(=O)O. The first-order valence-corrected chi connectivity index (χ1v) is 13.2. The number of aliphatic carboxylic acids is 1. The van der Waals surface area contributed by atoms with Gasteiger partial charge in [0, 0.05) is 35.4 Å². The Morgan fingerprint density at radius 2 is 1.77 bits per heavy atom. The number of benzene rings is 2. The fourth-order valence-electron chi connectivity index (χ4n) is 4.64. The minimum absolute atomic E-state index is 0.0894. The molecule has 1 atom stereocenters. The third kappa shape index (κ3) is 6.56. The van der Waals surface area contributed by atoms with Crippen molar-refractivity contribution in [1.82, 2.24) is 10.6 Å². The molecular weight excluding hydrogens is 519 g/mol. The van der Waals surface area contributed by atoms with Crippen LogP contribution in [-0.2, 0) is 20.8 Å². The number of carboxylic acids is 1. The second-order valence-corrected chi connectivity index (χ2v) is 9.69. The molecule has 40 heavy (non-hydrogen) atoms. The van der Waals surface area contributed by atoms with Crippen LogP contribution < -0.4 is 16.3 Å². The van der Waals surface area contributed by atoms with Gasteiger partial charge < -0.3 is 24.6 Å². The highest BCUT2D eigenvalue weighted by atomic mass is 19.1. The molecule has 2 heterocycles. The number of hydrogen-bond acceptors (Lipinski definition) is 6. The van der Waals surface area contributed by atoms with Gasteiger partial charge in [-0.1, -0.05) is 25.5 Å². The van der Waals surface area contributed by atoms with Gasteiger partial charge in [0.15, 0.2) is 0 Å². The van der Waals surface area contributed by atoms with Crippen molar-refractivity contribution in [2.24, 2.45) is 0 Å². The molecule has 0 fully saturated rings. The summed E-state index contributed by atoms with van der Waals surface area (Å²) in [6, 6.07) is 8.70. The van der Waals surface area contributed by atoms with Crippen molar-refractivity contribution in [2.45, 2.75) is 58.4 Å². The topological polar surface area (TPSA) is 139 Å². The van der Waals surface area contributed by atoms with Crippen LogP contribution in [0.4, 0.5) is 4.39 Å². The van der Waals surface area contributed by atoms with Crippen LogP contribution in [-0.4, -0.2) is 35.5 Å². The number of nitrogens with one attached hydrogen (secondary N) is 2. The first kappa shape index (κ1) is 28.5. The highest BCUT2D eigenvalue weighted by Gasteiger charge is 2.22. The maximum absolute atomic E-state index is 13.4. The summed E-state index contributed by atoms with van der Waals surface area (Å²) < 4.78 is 24.6. The first-order chi connectivity index (χ1) is 19.2. The summed E-state index contributed by atoms with van der Waals surface area (Å²) in [4.78, 5) is 48.8. The van der Waals surface area contributed by atoms with E-state index in [0.717, 1.165) is 16.5 Å². The summed E-state index contributed by atoms with van der Waals surface area (Å²) in [6.07, 6.45) is 3.57. The summed E-state index contributed by atoms with van der Waals surface area (Å²) in [5, 5.41) is 15.5. The highest BCUT2D eigenvalue weighted by molar-refractivity contribution is 6.02. The number of carbonyl (C=O) groups excluding carboxylic acids is 2. The van der Waals surface area contributed by atoms with Crippen LogP contribution in [0, 0.1) is 12.7 Å². The lowest BCUT2D eigenvalue weighted by molar-refractivity contribution is -0.137. The fourth-order valence-corrected chi connectivity index (χ4v) is 4.64. The van der Waals surface area contributed by atoms with Gasteiger partial charge in [-0.2, -0.15) is 0 Å². The first-order valence-electron chi connectivity index (χ1n) is 13.2. The van der Waals surface area contributed by atoms with Gasteiger partial charge in [-0.25, -0.2) is 9.18 Å². The lowest BCUT2D eigenvalue weighted by atomic mass is 9.99. The Bertz CT molecular complexity index is 1600. The van der Waals surface area contributed by atoms with Crippen molar-refractivity contribution in [3.05, 3.63) is 70.0 Å². The molecule has 2 amide bonds. The third-order valence-corrected chi connectivity index (χ3v) is 6.90. The Balaban J connectivity index is 1.48. The van der Waals surface area contributed by atoms with Gasteiger partial charge in [0.1, 0.15) is 23.0 Å². The second kappa shape index (κ2) is 12.6. The van der Waals surface area contributed by atoms with Crippen LogP contribution in [0.5, 0.6) is 0 Å². The summed E-state index contributed by atoms with van der Waals surface area (Å²) in [5.41, 5.74) is 2.44. The van der Waals surface area contributed by atoms with Gasteiger partial charge in [0.25, 0.3) is 0 Å². The van der Waals surface area contributed by atoms with Crippen molar-refractivity contribution >= 4 is 39.7 Å². The smallest absolute Gasteiger partial charge is 0.340 e. The number of hydrogen-bond donors (Lipinski definition) is 3. The molecule has 2 aromatic carbocycles. The Labute approximate surface area is 229 Å². The number of rotatable bonds is 12. The molecule has 0 spiro atoms. The molecule has 4 aromatic rings. The van der Waals surface area contributed by atoms with E-state index in [1.165, 1.54) is 12.1 Å². The summed E-state index contributed by atoms with van der Waals surface area (Å²) >= 11 is 0. The van der Waals surface area contributed by atoms with Crippen molar-refractivity contribution < 1.29 is 32.7 Å². The van der Waals surface area contributed by atoms with E-state index in [0.29, 0.717) is 54.3 Å². The van der Waals surface area contributed by atoms with Gasteiger partial charge in [0.05, 0.1) is 18.2 Å². The van der Waals surface area contributed by atoms with Crippen LogP contribution in [0.3, 0.4) is 0 Å². The lowest BCUT2D eigenvalue weighted by Crippen LogP contribution is -2.47. The van der Waals surface area contributed by atoms with Crippen molar-refractivity contribution in [2.75, 3.05) is 6.54 Å². The molecule has 0 aliphatic carbocycles. The number of furan rings is 1. The Morgan fingerprint density at radius 3 is 2.48 bits per heavy atom. The monoisotopic (exact) mass is 550 g/mol. The average molecular weight is 551 g/mol. The van der Waals surface area contributed by atoms with Crippen LogP contribution in [0.1, 0.15) is 50.2 Å². The number of amides is 2. The van der Waals surface area contributed by atoms with E-state index < -0.39 is 23.5 Å². The molecule has 210 valence electrons. The maximum atomic E-state index is 13.4. The predicted octanol–water partition coefficient (Wildman–Crippen LogP) is 4.85. The Kier molecular flexibility index (Phi) is 8.98. The molecule has 0 aliphatic rings. The number of carbonyl (C=O) groups is 3. The predicted molar refractivity (Wildman–Crippen MR) is 147 cm³/mol. The molecule has 0 radical (unpaired) electrons. The molecule has 0 aliphatic heterocycles. The van der Waals surface area contributed by atoms with Crippen LogP contribution in [0.15, 0.2) is 56.3 Å². The van der Waals surface area contributed by atoms with Gasteiger partial charge in [-0.15, -0.1) is 0 Å². The van der Waals surface area contributed by atoms with Crippen molar-refractivity contribution in [3.8, 4) is 11.1 Å². The molecule has 10 heteroatoms. The third-order valence-electron chi connectivity index (χ3n) is 6.90. The number of halogens is 1. The molecule has 0 unspecified atom stereocenters. The minimum Gasteiger partial charge on any atom is -0.481 e. The molecule has 3 N–H and O–H groups in total. The quantitative estimate of drug-likeness (QED) is 0.169. The lowest BCUT2D eigenvalue weighted by Gasteiger charge is -2.17. The van der Waals surface area contributed by atoms with Crippen LogP contribution >= 0.6 is 0 Å². The van der Waals surface area contributed by atoms with E-state index in [2.05, 4.69) is 10.6 Å². The largest absolute Gasteiger partial charge is 0.481 e. The van der Waals surface area contributed by atoms with Crippen LogP contribution in [0.25, 0.3) is 33.1 Å². The van der Waals surface area contributed by atoms with Crippen molar-refractivity contribution in [1.29, 1.82) is 0 Å².